The van der Waals surface area contributed by atoms with Gasteiger partial charge in [-0.25, -0.2) is 0 Å². The van der Waals surface area contributed by atoms with Gasteiger partial charge in [0.1, 0.15) is 0 Å². The Morgan fingerprint density at radius 3 is 2.55 bits per heavy atom. The van der Waals surface area contributed by atoms with Crippen molar-refractivity contribution in [2.75, 3.05) is 19.6 Å². The van der Waals surface area contributed by atoms with Gasteiger partial charge in [0.05, 0.1) is 0 Å². The first-order chi connectivity index (χ1) is 9.84. The van der Waals surface area contributed by atoms with E-state index in [1.54, 1.807) is 11.3 Å². The Hall–Kier alpha value is -0.910. The standard InChI is InChI=1S/C16H24N2O2S.ClH/c1-11-8-13(12(2)21-11)14(19)4-5-15(20)18-7-6-16(3,9-17)10-18;/h8H,4-7,9-10,17H2,1-3H3;1H. The number of carbonyl (C=O) groups excluding carboxylic acids is 2. The number of amides is 1. The largest absolute Gasteiger partial charge is 0.342 e. The number of hydrogen-bond acceptors (Lipinski definition) is 4. The molecule has 124 valence electrons. The average Bonchev–Trinajstić information content (AvgIpc) is 2.99. The van der Waals surface area contributed by atoms with Crippen molar-refractivity contribution in [1.82, 2.24) is 4.90 Å². The molecule has 0 radical (unpaired) electrons. The lowest BCUT2D eigenvalue weighted by Gasteiger charge is -2.22. The maximum atomic E-state index is 12.2. The van der Waals surface area contributed by atoms with E-state index in [1.807, 2.05) is 24.8 Å². The molecule has 0 bridgehead atoms. The molecular formula is C16H25ClN2O2S. The van der Waals surface area contributed by atoms with Crippen LogP contribution in [0.5, 0.6) is 0 Å². The number of ketones is 1. The number of nitrogens with two attached hydrogens (primary N) is 1. The molecule has 2 N–H and O–H groups in total. The van der Waals surface area contributed by atoms with Crippen molar-refractivity contribution in [3.8, 4) is 0 Å². The van der Waals surface area contributed by atoms with Gasteiger partial charge in [-0.05, 0) is 38.3 Å². The Bertz CT molecular complexity index is 558. The Labute approximate surface area is 142 Å². The highest BCUT2D eigenvalue weighted by Gasteiger charge is 2.34. The van der Waals surface area contributed by atoms with Gasteiger partial charge in [0.25, 0.3) is 0 Å². The number of Topliss-reactive ketones (excluding diaryl/α,β-unsaturated/α-hetero) is 1. The van der Waals surface area contributed by atoms with Crippen LogP contribution in [0.4, 0.5) is 0 Å². The number of nitrogens with zero attached hydrogens (tertiary/aromatic N) is 1. The van der Waals surface area contributed by atoms with Gasteiger partial charge < -0.3 is 10.6 Å². The molecule has 1 unspecified atom stereocenters. The highest BCUT2D eigenvalue weighted by atomic mass is 35.5. The second-order valence-electron chi connectivity index (χ2n) is 6.33. The van der Waals surface area contributed by atoms with Crippen LogP contribution in [0.25, 0.3) is 0 Å². The lowest BCUT2D eigenvalue weighted by molar-refractivity contribution is -0.130. The zero-order valence-electron chi connectivity index (χ0n) is 13.5. The maximum absolute atomic E-state index is 12.2. The molecule has 1 aromatic heterocycles. The van der Waals surface area contributed by atoms with Crippen LogP contribution in [0.3, 0.4) is 0 Å². The van der Waals surface area contributed by atoms with Crippen LogP contribution >= 0.6 is 23.7 Å². The van der Waals surface area contributed by atoms with Gasteiger partial charge >= 0.3 is 0 Å². The minimum absolute atomic E-state index is 0. The van der Waals surface area contributed by atoms with E-state index < -0.39 is 0 Å². The van der Waals surface area contributed by atoms with Crippen LogP contribution in [-0.2, 0) is 4.79 Å². The van der Waals surface area contributed by atoms with E-state index in [0.29, 0.717) is 25.9 Å². The summed E-state index contributed by atoms with van der Waals surface area (Å²) < 4.78 is 0. The third-order valence-electron chi connectivity index (χ3n) is 4.31. The number of rotatable bonds is 5. The first kappa shape index (κ1) is 19.1. The lowest BCUT2D eigenvalue weighted by Crippen LogP contribution is -2.34. The summed E-state index contributed by atoms with van der Waals surface area (Å²) in [5, 5.41) is 0. The van der Waals surface area contributed by atoms with E-state index >= 15 is 0 Å². The molecule has 2 rings (SSSR count). The third kappa shape index (κ3) is 4.31. The van der Waals surface area contributed by atoms with Crippen molar-refractivity contribution in [2.45, 2.75) is 40.0 Å². The minimum Gasteiger partial charge on any atom is -0.342 e. The number of thiophene rings is 1. The van der Waals surface area contributed by atoms with Crippen molar-refractivity contribution < 1.29 is 9.59 Å². The number of carbonyl (C=O) groups is 2. The monoisotopic (exact) mass is 344 g/mol. The summed E-state index contributed by atoms with van der Waals surface area (Å²) in [5.74, 6) is 0.149. The third-order valence-corrected chi connectivity index (χ3v) is 5.28. The van der Waals surface area contributed by atoms with Gasteiger partial charge in [-0.15, -0.1) is 23.7 Å². The predicted octanol–water partition coefficient (Wildman–Crippen LogP) is 2.95. The second-order valence-corrected chi connectivity index (χ2v) is 7.79. The molecule has 1 aliphatic heterocycles. The summed E-state index contributed by atoms with van der Waals surface area (Å²) in [7, 11) is 0. The first-order valence-electron chi connectivity index (χ1n) is 7.43. The molecule has 2 heterocycles. The molecule has 1 fully saturated rings. The van der Waals surface area contributed by atoms with Crippen LogP contribution in [0.15, 0.2) is 6.07 Å². The number of likely N-dealkylation sites (tertiary alicyclic amines) is 1. The van der Waals surface area contributed by atoms with E-state index in [4.69, 9.17) is 5.73 Å². The van der Waals surface area contributed by atoms with Gasteiger partial charge in [0, 0.05) is 41.2 Å². The summed E-state index contributed by atoms with van der Waals surface area (Å²) in [6.45, 7) is 8.15. The zero-order valence-corrected chi connectivity index (χ0v) is 15.1. The zero-order chi connectivity index (χ0) is 15.6. The predicted molar refractivity (Wildman–Crippen MR) is 93.0 cm³/mol. The fourth-order valence-electron chi connectivity index (χ4n) is 2.82. The Balaban J connectivity index is 0.00000242. The summed E-state index contributed by atoms with van der Waals surface area (Å²) >= 11 is 1.63. The van der Waals surface area contributed by atoms with Crippen LogP contribution in [-0.4, -0.2) is 36.2 Å². The molecule has 6 heteroatoms. The highest BCUT2D eigenvalue weighted by Crippen LogP contribution is 2.29. The Morgan fingerprint density at radius 1 is 1.36 bits per heavy atom. The molecule has 1 aliphatic rings. The van der Waals surface area contributed by atoms with Gasteiger partial charge in [-0.2, -0.15) is 0 Å². The number of aryl methyl sites for hydroxylation is 2. The lowest BCUT2D eigenvalue weighted by atomic mass is 9.90. The molecule has 0 saturated carbocycles. The van der Waals surface area contributed by atoms with Gasteiger partial charge in [-0.3, -0.25) is 9.59 Å². The van der Waals surface area contributed by atoms with E-state index in [0.717, 1.165) is 28.3 Å². The van der Waals surface area contributed by atoms with E-state index in [9.17, 15) is 9.59 Å². The molecule has 1 aromatic rings. The van der Waals surface area contributed by atoms with Crippen LogP contribution in [0.2, 0.25) is 0 Å². The normalized spacial score (nSPS) is 20.8. The molecule has 1 saturated heterocycles. The van der Waals surface area contributed by atoms with Crippen LogP contribution < -0.4 is 5.73 Å². The van der Waals surface area contributed by atoms with Crippen LogP contribution in [0, 0.1) is 19.3 Å². The summed E-state index contributed by atoms with van der Waals surface area (Å²) in [4.78, 5) is 28.4. The van der Waals surface area contributed by atoms with Crippen LogP contribution in [0.1, 0.15) is 46.3 Å². The van der Waals surface area contributed by atoms with Crippen molar-refractivity contribution in [3.05, 3.63) is 21.4 Å². The fourth-order valence-corrected chi connectivity index (χ4v) is 3.77. The first-order valence-corrected chi connectivity index (χ1v) is 8.24. The Kier molecular flexibility index (Phi) is 6.59. The van der Waals surface area contributed by atoms with Gasteiger partial charge in [0.2, 0.25) is 5.91 Å². The highest BCUT2D eigenvalue weighted by molar-refractivity contribution is 7.12. The fraction of sp³-hybridized carbons (Fsp3) is 0.625. The molecule has 0 aromatic carbocycles. The van der Waals surface area contributed by atoms with Gasteiger partial charge in [-0.1, -0.05) is 6.92 Å². The molecule has 1 amide bonds. The van der Waals surface area contributed by atoms with Gasteiger partial charge in [0.15, 0.2) is 5.78 Å². The molecular weight excluding hydrogens is 320 g/mol. The van der Waals surface area contributed by atoms with Crippen molar-refractivity contribution in [2.24, 2.45) is 11.1 Å². The topological polar surface area (TPSA) is 63.4 Å². The van der Waals surface area contributed by atoms with Crippen molar-refractivity contribution >= 4 is 35.4 Å². The smallest absolute Gasteiger partial charge is 0.223 e. The van der Waals surface area contributed by atoms with E-state index in [-0.39, 0.29) is 29.5 Å². The molecule has 0 spiro atoms. The Morgan fingerprint density at radius 2 is 2.05 bits per heavy atom. The molecule has 0 aliphatic carbocycles. The quantitative estimate of drug-likeness (QED) is 0.835. The van der Waals surface area contributed by atoms with Crippen molar-refractivity contribution in [1.29, 1.82) is 0 Å². The SMILES string of the molecule is Cc1cc(C(=O)CCC(=O)N2CCC(C)(CN)C2)c(C)s1.Cl. The van der Waals surface area contributed by atoms with Crippen molar-refractivity contribution in [3.63, 3.8) is 0 Å². The average molecular weight is 345 g/mol. The second kappa shape index (κ2) is 7.57. The molecule has 22 heavy (non-hydrogen) atoms. The molecule has 4 nitrogen and oxygen atoms in total. The summed E-state index contributed by atoms with van der Waals surface area (Å²) in [6.07, 6.45) is 1.55. The summed E-state index contributed by atoms with van der Waals surface area (Å²) in [5.41, 5.74) is 6.58. The number of hydrogen-bond donors (Lipinski definition) is 1. The van der Waals surface area contributed by atoms with E-state index in [2.05, 4.69) is 6.92 Å². The maximum Gasteiger partial charge on any atom is 0.223 e. The molecule has 1 atom stereocenters. The number of halogens is 1. The minimum atomic E-state index is 0. The summed E-state index contributed by atoms with van der Waals surface area (Å²) in [6, 6.07) is 1.92. The van der Waals surface area contributed by atoms with E-state index in [1.165, 1.54) is 0 Å².